The number of rotatable bonds is 4. The van der Waals surface area contributed by atoms with Crippen LogP contribution in [-0.4, -0.2) is 42.2 Å². The fourth-order valence-corrected chi connectivity index (χ4v) is 3.12. The van der Waals surface area contributed by atoms with Gasteiger partial charge < -0.3 is 10.2 Å². The Morgan fingerprint density at radius 2 is 2.11 bits per heavy atom. The Bertz CT molecular complexity index is 388. The summed E-state index contributed by atoms with van der Waals surface area (Å²) in [7, 11) is 0. The number of nitrogens with one attached hydrogen (secondary N) is 1. The van der Waals surface area contributed by atoms with Crippen LogP contribution in [-0.2, 0) is 10.5 Å². The van der Waals surface area contributed by atoms with E-state index in [1.807, 2.05) is 30.0 Å². The van der Waals surface area contributed by atoms with Crippen LogP contribution >= 0.6 is 11.8 Å². The number of carbonyl (C=O) groups excluding carboxylic acids is 1. The second-order valence-electron chi connectivity index (χ2n) is 4.87. The van der Waals surface area contributed by atoms with E-state index >= 15 is 0 Å². The van der Waals surface area contributed by atoms with E-state index in [2.05, 4.69) is 17.4 Å². The van der Waals surface area contributed by atoms with Crippen LogP contribution in [0.25, 0.3) is 0 Å². The molecule has 1 aliphatic rings. The third-order valence-corrected chi connectivity index (χ3v) is 4.54. The van der Waals surface area contributed by atoms with Crippen LogP contribution in [0, 0.1) is 0 Å². The third kappa shape index (κ3) is 4.55. The molecule has 19 heavy (non-hydrogen) atoms. The number of hydrogen-bond donors (Lipinski definition) is 1. The van der Waals surface area contributed by atoms with Gasteiger partial charge in [-0.05, 0) is 25.5 Å². The molecule has 0 bridgehead atoms. The lowest BCUT2D eigenvalue weighted by atomic mass is 10.2. The van der Waals surface area contributed by atoms with Gasteiger partial charge in [-0.3, -0.25) is 4.79 Å². The average Bonchev–Trinajstić information content (AvgIpc) is 2.74. The zero-order valence-electron chi connectivity index (χ0n) is 11.5. The fourth-order valence-electron chi connectivity index (χ4n) is 2.19. The van der Waals surface area contributed by atoms with Gasteiger partial charge in [0.1, 0.15) is 0 Å². The minimum atomic E-state index is 0.0401. The largest absolute Gasteiger partial charge is 0.340 e. The SMILES string of the molecule is CC(SCc1ccccc1)C(=O)N1CCCNCC1. The molecule has 2 rings (SSSR count). The molecule has 1 saturated heterocycles. The molecule has 0 aliphatic carbocycles. The second-order valence-corrected chi connectivity index (χ2v) is 6.20. The van der Waals surface area contributed by atoms with Crippen molar-refractivity contribution in [1.82, 2.24) is 10.2 Å². The van der Waals surface area contributed by atoms with Crippen molar-refractivity contribution in [1.29, 1.82) is 0 Å². The molecule has 1 aliphatic heterocycles. The maximum Gasteiger partial charge on any atom is 0.235 e. The summed E-state index contributed by atoms with van der Waals surface area (Å²) in [6.45, 7) is 5.70. The summed E-state index contributed by atoms with van der Waals surface area (Å²) < 4.78 is 0. The van der Waals surface area contributed by atoms with Crippen LogP contribution in [0.3, 0.4) is 0 Å². The molecule has 0 radical (unpaired) electrons. The molecule has 1 aromatic rings. The normalized spacial score (nSPS) is 17.8. The molecule has 1 N–H and O–H groups in total. The van der Waals surface area contributed by atoms with Gasteiger partial charge in [-0.25, -0.2) is 0 Å². The molecule has 4 heteroatoms. The Kier molecular flexibility index (Phi) is 5.73. The van der Waals surface area contributed by atoms with Crippen LogP contribution in [0.2, 0.25) is 0 Å². The summed E-state index contributed by atoms with van der Waals surface area (Å²) in [5.41, 5.74) is 1.28. The number of carbonyl (C=O) groups is 1. The fraction of sp³-hybridized carbons (Fsp3) is 0.533. The maximum absolute atomic E-state index is 12.3. The highest BCUT2D eigenvalue weighted by molar-refractivity contribution is 7.99. The first kappa shape index (κ1) is 14.4. The Morgan fingerprint density at radius 1 is 1.32 bits per heavy atom. The molecule has 3 nitrogen and oxygen atoms in total. The summed E-state index contributed by atoms with van der Waals surface area (Å²) >= 11 is 1.73. The van der Waals surface area contributed by atoms with Gasteiger partial charge in [-0.1, -0.05) is 30.3 Å². The zero-order valence-corrected chi connectivity index (χ0v) is 12.3. The van der Waals surface area contributed by atoms with Crippen molar-refractivity contribution in [2.45, 2.75) is 24.3 Å². The standard InChI is InChI=1S/C15H22N2OS/c1-13(19-12-14-6-3-2-4-7-14)15(18)17-10-5-8-16-9-11-17/h2-4,6-7,13,16H,5,8-12H2,1H3. The Balaban J connectivity index is 1.81. The van der Waals surface area contributed by atoms with Crippen molar-refractivity contribution in [3.63, 3.8) is 0 Å². The van der Waals surface area contributed by atoms with E-state index in [0.717, 1.165) is 38.4 Å². The quantitative estimate of drug-likeness (QED) is 0.916. The van der Waals surface area contributed by atoms with Crippen LogP contribution in [0.1, 0.15) is 18.9 Å². The predicted octanol–water partition coefficient (Wildman–Crippen LogP) is 2.13. The Labute approximate surface area is 119 Å². The number of nitrogens with zero attached hydrogens (tertiary/aromatic N) is 1. The van der Waals surface area contributed by atoms with E-state index in [4.69, 9.17) is 0 Å². The monoisotopic (exact) mass is 278 g/mol. The lowest BCUT2D eigenvalue weighted by Crippen LogP contribution is -2.38. The van der Waals surface area contributed by atoms with Gasteiger partial charge in [-0.15, -0.1) is 11.8 Å². The van der Waals surface area contributed by atoms with E-state index in [9.17, 15) is 4.79 Å². The molecule has 1 atom stereocenters. The summed E-state index contributed by atoms with van der Waals surface area (Å²) in [4.78, 5) is 14.4. The smallest absolute Gasteiger partial charge is 0.235 e. The predicted molar refractivity (Wildman–Crippen MR) is 81.3 cm³/mol. The lowest BCUT2D eigenvalue weighted by molar-refractivity contribution is -0.130. The second kappa shape index (κ2) is 7.56. The Morgan fingerprint density at radius 3 is 2.89 bits per heavy atom. The average molecular weight is 278 g/mol. The van der Waals surface area contributed by atoms with E-state index in [-0.39, 0.29) is 11.2 Å². The number of amides is 1. The molecular formula is C15H22N2OS. The highest BCUT2D eigenvalue weighted by Crippen LogP contribution is 2.19. The van der Waals surface area contributed by atoms with Crippen molar-refractivity contribution >= 4 is 17.7 Å². The third-order valence-electron chi connectivity index (χ3n) is 3.34. The van der Waals surface area contributed by atoms with Crippen molar-refractivity contribution in [3.8, 4) is 0 Å². The van der Waals surface area contributed by atoms with E-state index < -0.39 is 0 Å². The molecule has 0 spiro atoms. The number of thioether (sulfide) groups is 1. The van der Waals surface area contributed by atoms with Gasteiger partial charge in [0.2, 0.25) is 5.91 Å². The molecular weight excluding hydrogens is 256 g/mol. The van der Waals surface area contributed by atoms with Gasteiger partial charge in [0.15, 0.2) is 0 Å². The van der Waals surface area contributed by atoms with Gasteiger partial charge in [0.25, 0.3) is 0 Å². The number of benzene rings is 1. The van der Waals surface area contributed by atoms with Gasteiger partial charge in [-0.2, -0.15) is 0 Å². The topological polar surface area (TPSA) is 32.3 Å². The number of hydrogen-bond acceptors (Lipinski definition) is 3. The minimum absolute atomic E-state index is 0.0401. The lowest BCUT2D eigenvalue weighted by Gasteiger charge is -2.23. The molecule has 1 fully saturated rings. The first-order valence-corrected chi connectivity index (χ1v) is 7.97. The summed E-state index contributed by atoms with van der Waals surface area (Å²) in [6, 6.07) is 10.3. The van der Waals surface area contributed by atoms with Crippen LogP contribution < -0.4 is 5.32 Å². The highest BCUT2D eigenvalue weighted by Gasteiger charge is 2.21. The van der Waals surface area contributed by atoms with Crippen LogP contribution in [0.5, 0.6) is 0 Å². The first-order chi connectivity index (χ1) is 9.27. The Hall–Kier alpha value is -1.00. The van der Waals surface area contributed by atoms with Crippen LogP contribution in [0.4, 0.5) is 0 Å². The molecule has 1 aromatic carbocycles. The molecule has 104 valence electrons. The molecule has 0 saturated carbocycles. The van der Waals surface area contributed by atoms with Crippen molar-refractivity contribution in [2.75, 3.05) is 26.2 Å². The summed E-state index contributed by atoms with van der Waals surface area (Å²) in [6.07, 6.45) is 1.06. The van der Waals surface area contributed by atoms with E-state index in [1.54, 1.807) is 11.8 Å². The molecule has 1 unspecified atom stereocenters. The first-order valence-electron chi connectivity index (χ1n) is 6.92. The van der Waals surface area contributed by atoms with E-state index in [1.165, 1.54) is 5.56 Å². The van der Waals surface area contributed by atoms with Gasteiger partial charge >= 0.3 is 0 Å². The maximum atomic E-state index is 12.3. The summed E-state index contributed by atoms with van der Waals surface area (Å²) in [5.74, 6) is 1.18. The molecule has 0 aromatic heterocycles. The van der Waals surface area contributed by atoms with Crippen molar-refractivity contribution in [3.05, 3.63) is 35.9 Å². The van der Waals surface area contributed by atoms with E-state index in [0.29, 0.717) is 0 Å². The van der Waals surface area contributed by atoms with Crippen molar-refractivity contribution in [2.24, 2.45) is 0 Å². The zero-order chi connectivity index (χ0) is 13.5. The highest BCUT2D eigenvalue weighted by atomic mass is 32.2. The van der Waals surface area contributed by atoms with Gasteiger partial charge in [0.05, 0.1) is 5.25 Å². The summed E-state index contributed by atoms with van der Waals surface area (Å²) in [5, 5.41) is 3.37. The molecule has 1 amide bonds. The minimum Gasteiger partial charge on any atom is -0.340 e. The molecule has 1 heterocycles. The van der Waals surface area contributed by atoms with Crippen molar-refractivity contribution < 1.29 is 4.79 Å². The van der Waals surface area contributed by atoms with Crippen LogP contribution in [0.15, 0.2) is 30.3 Å². The van der Waals surface area contributed by atoms with Gasteiger partial charge in [0, 0.05) is 25.4 Å².